The van der Waals surface area contributed by atoms with Gasteiger partial charge in [-0.3, -0.25) is 4.79 Å². The Balaban J connectivity index is 3.72. The molecule has 88 valence electrons. The highest BCUT2D eigenvalue weighted by molar-refractivity contribution is 5.68. The Bertz CT molecular complexity index is 199. The highest BCUT2D eigenvalue weighted by atomic mass is 16.4. The van der Waals surface area contributed by atoms with Crippen LogP contribution in [0.25, 0.3) is 0 Å². The largest absolute Gasteiger partial charge is 0.481 e. The molecule has 0 fully saturated rings. The van der Waals surface area contributed by atoms with Crippen molar-refractivity contribution < 1.29 is 15.0 Å². The average Bonchev–Trinajstić information content (AvgIpc) is 2.17. The number of hydrogen-bond acceptors (Lipinski definition) is 2. The van der Waals surface area contributed by atoms with Gasteiger partial charge in [0.25, 0.3) is 0 Å². The van der Waals surface area contributed by atoms with E-state index in [0.717, 1.165) is 25.7 Å². The first-order valence-corrected chi connectivity index (χ1v) is 5.64. The summed E-state index contributed by atoms with van der Waals surface area (Å²) in [6, 6.07) is 0. The summed E-state index contributed by atoms with van der Waals surface area (Å²) < 4.78 is 0. The van der Waals surface area contributed by atoms with Crippen LogP contribution in [0.2, 0.25) is 0 Å². The number of unbranched alkanes of at least 4 members (excludes halogenated alkanes) is 2. The molecule has 3 heteroatoms. The van der Waals surface area contributed by atoms with Gasteiger partial charge >= 0.3 is 5.97 Å². The van der Waals surface area contributed by atoms with Gasteiger partial charge in [0, 0.05) is 0 Å². The molecule has 3 nitrogen and oxygen atoms in total. The number of aliphatic hydroxyl groups is 1. The van der Waals surface area contributed by atoms with Crippen molar-refractivity contribution in [3.63, 3.8) is 0 Å². The van der Waals surface area contributed by atoms with E-state index in [-0.39, 0.29) is 18.4 Å². The molecular formula is C12H22O3. The molecule has 0 heterocycles. The van der Waals surface area contributed by atoms with Crippen molar-refractivity contribution in [2.24, 2.45) is 5.92 Å². The number of carbonyl (C=O) groups is 1. The highest BCUT2D eigenvalue weighted by Gasteiger charge is 2.10. The first-order chi connectivity index (χ1) is 7.07. The van der Waals surface area contributed by atoms with E-state index in [1.54, 1.807) is 12.2 Å². The second-order valence-electron chi connectivity index (χ2n) is 3.95. The number of carboxylic acids is 1. The van der Waals surface area contributed by atoms with Crippen LogP contribution in [0.15, 0.2) is 12.2 Å². The number of carboxylic acid groups (broad SMARTS) is 1. The van der Waals surface area contributed by atoms with E-state index in [0.29, 0.717) is 0 Å². The Morgan fingerprint density at radius 1 is 1.40 bits per heavy atom. The minimum atomic E-state index is -0.834. The molecule has 15 heavy (non-hydrogen) atoms. The summed E-state index contributed by atoms with van der Waals surface area (Å²) in [6.07, 6.45) is 7.20. The first-order valence-electron chi connectivity index (χ1n) is 5.64. The van der Waals surface area contributed by atoms with Gasteiger partial charge < -0.3 is 10.2 Å². The van der Waals surface area contributed by atoms with Crippen molar-refractivity contribution in [2.45, 2.75) is 52.1 Å². The van der Waals surface area contributed by atoms with Crippen molar-refractivity contribution in [3.8, 4) is 0 Å². The van der Waals surface area contributed by atoms with Crippen molar-refractivity contribution in [1.82, 2.24) is 0 Å². The SMILES string of the molecule is CCCCCC(O)C(C)C=CCC(=O)O. The molecule has 0 aromatic carbocycles. The van der Waals surface area contributed by atoms with E-state index in [4.69, 9.17) is 5.11 Å². The maximum Gasteiger partial charge on any atom is 0.307 e. The lowest BCUT2D eigenvalue weighted by Gasteiger charge is -2.14. The molecule has 0 aromatic rings. The van der Waals surface area contributed by atoms with E-state index < -0.39 is 5.97 Å². The summed E-state index contributed by atoms with van der Waals surface area (Å²) in [6.45, 7) is 4.04. The van der Waals surface area contributed by atoms with Crippen LogP contribution in [0, 0.1) is 5.92 Å². The van der Waals surface area contributed by atoms with E-state index in [1.165, 1.54) is 0 Å². The summed E-state index contributed by atoms with van der Waals surface area (Å²) in [7, 11) is 0. The van der Waals surface area contributed by atoms with Gasteiger partial charge in [-0.25, -0.2) is 0 Å². The van der Waals surface area contributed by atoms with Gasteiger partial charge in [-0.05, 0) is 12.3 Å². The summed E-state index contributed by atoms with van der Waals surface area (Å²) in [5.74, 6) is -0.792. The maximum absolute atomic E-state index is 10.2. The van der Waals surface area contributed by atoms with Crippen LogP contribution in [0.1, 0.15) is 46.0 Å². The minimum absolute atomic E-state index is 0.0337. The molecule has 0 aliphatic heterocycles. The molecule has 0 bridgehead atoms. The Kier molecular flexibility index (Phi) is 8.01. The van der Waals surface area contributed by atoms with Gasteiger partial charge in [0.1, 0.15) is 0 Å². The average molecular weight is 214 g/mol. The lowest BCUT2D eigenvalue weighted by molar-refractivity contribution is -0.136. The Labute approximate surface area is 91.8 Å². The molecule has 0 saturated heterocycles. The van der Waals surface area contributed by atoms with E-state index >= 15 is 0 Å². The van der Waals surface area contributed by atoms with Crippen LogP contribution in [0.5, 0.6) is 0 Å². The number of aliphatic carboxylic acids is 1. The fourth-order valence-corrected chi connectivity index (χ4v) is 1.38. The molecule has 0 saturated carbocycles. The lowest BCUT2D eigenvalue weighted by Crippen LogP contribution is -2.15. The Morgan fingerprint density at radius 2 is 2.07 bits per heavy atom. The first kappa shape index (κ1) is 14.2. The van der Waals surface area contributed by atoms with Crippen molar-refractivity contribution in [2.75, 3.05) is 0 Å². The van der Waals surface area contributed by atoms with Gasteiger partial charge in [0.05, 0.1) is 12.5 Å². The van der Waals surface area contributed by atoms with E-state index in [9.17, 15) is 9.90 Å². The van der Waals surface area contributed by atoms with Crippen molar-refractivity contribution >= 4 is 5.97 Å². The Morgan fingerprint density at radius 3 is 2.60 bits per heavy atom. The molecular weight excluding hydrogens is 192 g/mol. The van der Waals surface area contributed by atoms with Gasteiger partial charge in [0.15, 0.2) is 0 Å². The summed E-state index contributed by atoms with van der Waals surface area (Å²) in [4.78, 5) is 10.2. The van der Waals surface area contributed by atoms with Gasteiger partial charge in [0.2, 0.25) is 0 Å². The molecule has 0 radical (unpaired) electrons. The predicted molar refractivity (Wildman–Crippen MR) is 60.7 cm³/mol. The fraction of sp³-hybridized carbons (Fsp3) is 0.750. The van der Waals surface area contributed by atoms with Gasteiger partial charge in [-0.2, -0.15) is 0 Å². The third-order valence-corrected chi connectivity index (χ3v) is 2.44. The van der Waals surface area contributed by atoms with Crippen LogP contribution < -0.4 is 0 Å². The normalized spacial score (nSPS) is 15.4. The standard InChI is InChI=1S/C12H22O3/c1-3-4-5-8-11(13)10(2)7-6-9-12(14)15/h6-7,10-11,13H,3-5,8-9H2,1-2H3,(H,14,15). The Hall–Kier alpha value is -0.830. The van der Waals surface area contributed by atoms with Crippen LogP contribution in [0.3, 0.4) is 0 Å². The summed E-state index contributed by atoms with van der Waals surface area (Å²) >= 11 is 0. The molecule has 0 rings (SSSR count). The molecule has 2 unspecified atom stereocenters. The topological polar surface area (TPSA) is 57.5 Å². The molecule has 2 N–H and O–H groups in total. The highest BCUT2D eigenvalue weighted by Crippen LogP contribution is 2.13. The zero-order valence-electron chi connectivity index (χ0n) is 9.65. The third-order valence-electron chi connectivity index (χ3n) is 2.44. The van der Waals surface area contributed by atoms with Crippen molar-refractivity contribution in [1.29, 1.82) is 0 Å². The zero-order valence-corrected chi connectivity index (χ0v) is 9.65. The molecule has 0 spiro atoms. The number of aliphatic hydroxyl groups excluding tert-OH is 1. The molecule has 0 aliphatic carbocycles. The molecule has 0 amide bonds. The van der Waals surface area contributed by atoms with Crippen molar-refractivity contribution in [3.05, 3.63) is 12.2 Å². The van der Waals surface area contributed by atoms with E-state index in [2.05, 4.69) is 6.92 Å². The van der Waals surface area contributed by atoms with Crippen LogP contribution in [-0.4, -0.2) is 22.3 Å². The zero-order chi connectivity index (χ0) is 11.7. The van der Waals surface area contributed by atoms with Crippen LogP contribution in [-0.2, 0) is 4.79 Å². The second-order valence-corrected chi connectivity index (χ2v) is 3.95. The second kappa shape index (κ2) is 8.48. The number of rotatable bonds is 8. The third kappa shape index (κ3) is 8.18. The molecule has 0 aliphatic rings. The van der Waals surface area contributed by atoms with Crippen LogP contribution >= 0.6 is 0 Å². The molecule has 2 atom stereocenters. The quantitative estimate of drug-likeness (QED) is 0.482. The predicted octanol–water partition coefficient (Wildman–Crippen LogP) is 2.59. The maximum atomic E-state index is 10.2. The van der Waals surface area contributed by atoms with Gasteiger partial charge in [-0.1, -0.05) is 45.3 Å². The minimum Gasteiger partial charge on any atom is -0.481 e. The van der Waals surface area contributed by atoms with E-state index in [1.807, 2.05) is 6.92 Å². The van der Waals surface area contributed by atoms with Gasteiger partial charge in [-0.15, -0.1) is 0 Å². The smallest absolute Gasteiger partial charge is 0.307 e. The number of hydrogen-bond donors (Lipinski definition) is 2. The van der Waals surface area contributed by atoms with Crippen LogP contribution in [0.4, 0.5) is 0 Å². The molecule has 0 aromatic heterocycles. The summed E-state index contributed by atoms with van der Waals surface area (Å²) in [5, 5.41) is 18.1. The lowest BCUT2D eigenvalue weighted by atomic mass is 9.98. The monoisotopic (exact) mass is 214 g/mol. The fourth-order valence-electron chi connectivity index (χ4n) is 1.38. The summed E-state index contributed by atoms with van der Waals surface area (Å²) in [5.41, 5.74) is 0.